The molecule has 1 aromatic carbocycles. The second-order valence-corrected chi connectivity index (χ2v) is 8.50. The van der Waals surface area contributed by atoms with Crippen molar-refractivity contribution < 1.29 is 27.5 Å². The van der Waals surface area contributed by atoms with E-state index >= 15 is 0 Å². The number of benzene rings is 1. The molecule has 9 nitrogen and oxygen atoms in total. The van der Waals surface area contributed by atoms with E-state index in [0.717, 1.165) is 13.1 Å². The van der Waals surface area contributed by atoms with Crippen LogP contribution in [0.1, 0.15) is 18.2 Å². The number of imidazole rings is 1. The topological polar surface area (TPSA) is 103 Å². The Morgan fingerprint density at radius 2 is 1.95 bits per heavy atom. The zero-order valence-corrected chi connectivity index (χ0v) is 20.5. The fraction of sp³-hybridized carbons (Fsp3) is 0.308. The number of nitrogens with zero attached hydrogens (tertiary/aromatic N) is 4. The molecule has 1 saturated heterocycles. The molecule has 2 N–H and O–H groups in total. The molecule has 3 heterocycles. The standard InChI is InChI=1S/C26H25F3N6O3/c1-18(36)35-11-9-34(10-12-35)13-14-38-22-6-5-20(25-31-17-23(33-25)26(27,28)29)15-21(22)32-24(37)7-4-19-3-2-8-30-16-19/h2-3,5-6,8,15-17H,9-14H2,1H3,(H,31,33)(H,32,37). The second kappa shape index (κ2) is 11.8. The van der Waals surface area contributed by atoms with E-state index in [1.165, 1.54) is 12.3 Å². The molecule has 0 radical (unpaired) electrons. The molecule has 1 aliphatic heterocycles. The Morgan fingerprint density at radius 1 is 1.16 bits per heavy atom. The van der Waals surface area contributed by atoms with Crippen LogP contribution in [0.5, 0.6) is 5.75 Å². The minimum absolute atomic E-state index is 0.0100. The summed E-state index contributed by atoms with van der Waals surface area (Å²) in [5.74, 6) is 4.91. The third-order valence-electron chi connectivity index (χ3n) is 5.85. The van der Waals surface area contributed by atoms with Crippen LogP contribution in [0.25, 0.3) is 11.4 Å². The van der Waals surface area contributed by atoms with Crippen molar-refractivity contribution in [1.82, 2.24) is 24.8 Å². The van der Waals surface area contributed by atoms with E-state index in [9.17, 15) is 22.8 Å². The molecule has 1 fully saturated rings. The van der Waals surface area contributed by atoms with Crippen LogP contribution in [0.3, 0.4) is 0 Å². The lowest BCUT2D eigenvalue weighted by atomic mass is 10.1. The van der Waals surface area contributed by atoms with E-state index in [2.05, 4.69) is 37.0 Å². The first-order valence-corrected chi connectivity index (χ1v) is 11.8. The number of anilines is 1. The minimum atomic E-state index is -4.57. The molecule has 0 bridgehead atoms. The van der Waals surface area contributed by atoms with Crippen LogP contribution in [-0.2, 0) is 15.8 Å². The number of alkyl halides is 3. The van der Waals surface area contributed by atoms with Gasteiger partial charge in [0.15, 0.2) is 0 Å². The van der Waals surface area contributed by atoms with Gasteiger partial charge in [0.05, 0.1) is 11.9 Å². The summed E-state index contributed by atoms with van der Waals surface area (Å²) in [7, 11) is 0. The number of carbonyl (C=O) groups excluding carboxylic acids is 2. The first-order chi connectivity index (χ1) is 18.2. The molecule has 198 valence electrons. The van der Waals surface area contributed by atoms with E-state index in [1.807, 2.05) is 0 Å². The molecule has 1 aliphatic rings. The summed E-state index contributed by atoms with van der Waals surface area (Å²) in [6.07, 6.45) is -0.754. The maximum Gasteiger partial charge on any atom is 0.432 e. The predicted octanol–water partition coefficient (Wildman–Crippen LogP) is 3.02. The van der Waals surface area contributed by atoms with Crippen LogP contribution in [0.15, 0.2) is 48.9 Å². The van der Waals surface area contributed by atoms with Gasteiger partial charge >= 0.3 is 12.1 Å². The van der Waals surface area contributed by atoms with Gasteiger partial charge in [-0.25, -0.2) is 4.98 Å². The highest BCUT2D eigenvalue weighted by Gasteiger charge is 2.33. The van der Waals surface area contributed by atoms with Crippen molar-refractivity contribution in [2.75, 3.05) is 44.6 Å². The highest BCUT2D eigenvalue weighted by molar-refractivity contribution is 6.05. The second-order valence-electron chi connectivity index (χ2n) is 8.50. The number of pyridine rings is 1. The molecular formula is C26H25F3N6O3. The number of H-pyrrole nitrogens is 1. The maximum absolute atomic E-state index is 13.0. The Bertz CT molecular complexity index is 1340. The summed E-state index contributed by atoms with van der Waals surface area (Å²) in [6, 6.07) is 7.98. The fourth-order valence-electron chi connectivity index (χ4n) is 3.80. The monoisotopic (exact) mass is 526 g/mol. The average molecular weight is 527 g/mol. The number of amides is 2. The third kappa shape index (κ3) is 7.10. The molecule has 3 aromatic rings. The third-order valence-corrected chi connectivity index (χ3v) is 5.85. The zero-order valence-electron chi connectivity index (χ0n) is 20.5. The smallest absolute Gasteiger partial charge is 0.432 e. The highest BCUT2D eigenvalue weighted by Crippen LogP contribution is 2.32. The number of ether oxygens (including phenoxy) is 1. The van der Waals surface area contributed by atoms with Gasteiger partial charge in [-0.05, 0) is 30.3 Å². The van der Waals surface area contributed by atoms with Gasteiger partial charge in [0.25, 0.3) is 0 Å². The molecule has 38 heavy (non-hydrogen) atoms. The Morgan fingerprint density at radius 3 is 2.61 bits per heavy atom. The predicted molar refractivity (Wildman–Crippen MR) is 133 cm³/mol. The molecule has 0 unspecified atom stereocenters. The van der Waals surface area contributed by atoms with Crippen LogP contribution < -0.4 is 10.1 Å². The Labute approximate surface area is 217 Å². The number of rotatable bonds is 6. The summed E-state index contributed by atoms with van der Waals surface area (Å²) in [6.45, 7) is 5.16. The molecule has 0 atom stereocenters. The molecule has 0 saturated carbocycles. The lowest BCUT2D eigenvalue weighted by Gasteiger charge is -2.34. The van der Waals surface area contributed by atoms with Crippen molar-refractivity contribution >= 4 is 17.5 Å². The minimum Gasteiger partial charge on any atom is -0.490 e. The van der Waals surface area contributed by atoms with E-state index in [0.29, 0.717) is 49.3 Å². The average Bonchev–Trinajstić information content (AvgIpc) is 3.40. The normalized spacial score (nSPS) is 13.9. The Hall–Kier alpha value is -4.37. The van der Waals surface area contributed by atoms with Gasteiger partial charge in [-0.15, -0.1) is 0 Å². The summed E-state index contributed by atoms with van der Waals surface area (Å²) >= 11 is 0. The summed E-state index contributed by atoms with van der Waals surface area (Å²) < 4.78 is 45.0. The van der Waals surface area contributed by atoms with Crippen molar-refractivity contribution in [2.24, 2.45) is 0 Å². The number of hydrogen-bond donors (Lipinski definition) is 2. The van der Waals surface area contributed by atoms with Gasteiger partial charge in [-0.2, -0.15) is 13.2 Å². The van der Waals surface area contributed by atoms with Gasteiger partial charge in [0.1, 0.15) is 23.9 Å². The molecule has 0 spiro atoms. The Balaban J connectivity index is 1.48. The van der Waals surface area contributed by atoms with Crippen molar-refractivity contribution in [3.8, 4) is 29.0 Å². The van der Waals surface area contributed by atoms with Gasteiger partial charge in [-0.3, -0.25) is 19.5 Å². The van der Waals surface area contributed by atoms with Gasteiger partial charge < -0.3 is 19.9 Å². The first kappa shape index (κ1) is 26.7. The van der Waals surface area contributed by atoms with Crippen LogP contribution >= 0.6 is 0 Å². The van der Waals surface area contributed by atoms with Gasteiger partial charge in [0, 0.05) is 69.1 Å². The van der Waals surface area contributed by atoms with Crippen LogP contribution in [0.2, 0.25) is 0 Å². The fourth-order valence-corrected chi connectivity index (χ4v) is 3.80. The molecule has 0 aliphatic carbocycles. The number of hydrogen-bond acceptors (Lipinski definition) is 6. The zero-order chi connectivity index (χ0) is 27.1. The number of nitrogens with one attached hydrogen (secondary N) is 2. The van der Waals surface area contributed by atoms with Crippen molar-refractivity contribution in [1.29, 1.82) is 0 Å². The number of aromatic amines is 1. The number of carbonyl (C=O) groups is 2. The number of piperazine rings is 1. The number of halogens is 3. The van der Waals surface area contributed by atoms with E-state index in [1.54, 1.807) is 42.3 Å². The van der Waals surface area contributed by atoms with Crippen molar-refractivity contribution in [3.63, 3.8) is 0 Å². The highest BCUT2D eigenvalue weighted by atomic mass is 19.4. The lowest BCUT2D eigenvalue weighted by Crippen LogP contribution is -2.48. The summed E-state index contributed by atoms with van der Waals surface area (Å²) in [4.78, 5) is 38.0. The number of aromatic nitrogens is 3. The molecule has 2 amide bonds. The maximum atomic E-state index is 13.0. The van der Waals surface area contributed by atoms with Crippen LogP contribution in [0, 0.1) is 11.8 Å². The summed E-state index contributed by atoms with van der Waals surface area (Å²) in [5, 5.41) is 2.66. The molecular weight excluding hydrogens is 501 g/mol. The molecule has 12 heteroatoms. The van der Waals surface area contributed by atoms with Crippen LogP contribution in [-0.4, -0.2) is 75.9 Å². The van der Waals surface area contributed by atoms with E-state index in [4.69, 9.17) is 4.74 Å². The van der Waals surface area contributed by atoms with Crippen LogP contribution in [0.4, 0.5) is 18.9 Å². The molecule has 4 rings (SSSR count). The first-order valence-electron chi connectivity index (χ1n) is 11.8. The van der Waals surface area contributed by atoms with E-state index < -0.39 is 17.8 Å². The largest absolute Gasteiger partial charge is 0.490 e. The lowest BCUT2D eigenvalue weighted by molar-refractivity contribution is -0.140. The van der Waals surface area contributed by atoms with Crippen molar-refractivity contribution in [2.45, 2.75) is 13.1 Å². The van der Waals surface area contributed by atoms with Gasteiger partial charge in [-0.1, -0.05) is 5.92 Å². The quantitative estimate of drug-likeness (QED) is 0.479. The summed E-state index contributed by atoms with van der Waals surface area (Å²) in [5.41, 5.74) is 0.127. The van der Waals surface area contributed by atoms with Crippen molar-refractivity contribution in [3.05, 3.63) is 60.2 Å². The van der Waals surface area contributed by atoms with Gasteiger partial charge in [0.2, 0.25) is 5.91 Å². The SMILES string of the molecule is CC(=O)N1CCN(CCOc2ccc(-c3ncc(C(F)(F)F)[nH]3)cc2NC(=O)C#Cc2cccnc2)CC1. The Kier molecular flexibility index (Phi) is 8.28. The molecule has 2 aromatic heterocycles. The van der Waals surface area contributed by atoms with E-state index in [-0.39, 0.29) is 17.4 Å².